The molecule has 2 N–H and O–H groups in total. The zero-order chi connectivity index (χ0) is 16.4. The minimum Gasteiger partial charge on any atom is -0.382 e. The number of carbonyl (C=O) groups is 1. The molecule has 0 saturated carbocycles. The lowest BCUT2D eigenvalue weighted by Crippen LogP contribution is -2.44. The summed E-state index contributed by atoms with van der Waals surface area (Å²) >= 11 is 0. The van der Waals surface area contributed by atoms with E-state index < -0.39 is 0 Å². The highest BCUT2D eigenvalue weighted by Crippen LogP contribution is 2.36. The number of nitriles is 1. The van der Waals surface area contributed by atoms with E-state index >= 15 is 0 Å². The van der Waals surface area contributed by atoms with Crippen LogP contribution in [0.3, 0.4) is 0 Å². The molecule has 122 valence electrons. The van der Waals surface area contributed by atoms with Crippen LogP contribution in [0.4, 0.5) is 17.1 Å². The number of amides is 1. The molecule has 0 radical (unpaired) electrons. The Morgan fingerprint density at radius 2 is 2.04 bits per heavy atom. The number of hydrogen-bond acceptors (Lipinski definition) is 5. The van der Waals surface area contributed by atoms with Crippen LogP contribution in [0.25, 0.3) is 0 Å². The van der Waals surface area contributed by atoms with Gasteiger partial charge in [-0.05, 0) is 25.0 Å². The Hall–Kier alpha value is -2.42. The Labute approximate surface area is 137 Å². The van der Waals surface area contributed by atoms with Crippen LogP contribution < -0.4 is 20.4 Å². The smallest absolute Gasteiger partial charge is 0.217 e. The van der Waals surface area contributed by atoms with Crippen LogP contribution >= 0.6 is 0 Å². The number of fused-ring (bicyclic) bond motifs is 1. The molecular weight excluding hydrogens is 290 g/mol. The van der Waals surface area contributed by atoms with Crippen molar-refractivity contribution >= 4 is 23.0 Å². The van der Waals surface area contributed by atoms with E-state index in [4.69, 9.17) is 0 Å². The fraction of sp³-hybridized carbons (Fsp3) is 0.529. The van der Waals surface area contributed by atoms with Crippen LogP contribution in [0.15, 0.2) is 12.1 Å². The van der Waals surface area contributed by atoms with Crippen molar-refractivity contribution < 1.29 is 4.79 Å². The lowest BCUT2D eigenvalue weighted by Gasteiger charge is -2.36. The Balaban J connectivity index is 1.81. The molecule has 2 heterocycles. The highest BCUT2D eigenvalue weighted by molar-refractivity contribution is 5.80. The highest BCUT2D eigenvalue weighted by Gasteiger charge is 2.24. The summed E-state index contributed by atoms with van der Waals surface area (Å²) in [5, 5.41) is 15.9. The van der Waals surface area contributed by atoms with Gasteiger partial charge in [0.25, 0.3) is 0 Å². The predicted octanol–water partition coefficient (Wildman–Crippen LogP) is 1.52. The first-order chi connectivity index (χ1) is 11.1. The maximum atomic E-state index is 11.2. The fourth-order valence-corrected chi connectivity index (χ4v) is 3.42. The van der Waals surface area contributed by atoms with Crippen LogP contribution in [0.2, 0.25) is 0 Å². The maximum absolute atomic E-state index is 11.2. The van der Waals surface area contributed by atoms with Gasteiger partial charge in [0.15, 0.2) is 0 Å². The predicted molar refractivity (Wildman–Crippen MR) is 92.0 cm³/mol. The van der Waals surface area contributed by atoms with Crippen LogP contribution in [0.5, 0.6) is 0 Å². The first-order valence-corrected chi connectivity index (χ1v) is 8.13. The van der Waals surface area contributed by atoms with E-state index in [1.807, 2.05) is 6.07 Å². The zero-order valence-corrected chi connectivity index (χ0v) is 13.7. The molecule has 1 aromatic carbocycles. The quantitative estimate of drug-likeness (QED) is 0.866. The summed E-state index contributed by atoms with van der Waals surface area (Å²) < 4.78 is 0. The summed E-state index contributed by atoms with van der Waals surface area (Å²) in [5.74, 6) is 0.0302. The van der Waals surface area contributed by atoms with Crippen molar-refractivity contribution in [2.45, 2.75) is 25.8 Å². The third-order valence-electron chi connectivity index (χ3n) is 4.65. The first-order valence-electron chi connectivity index (χ1n) is 8.13. The van der Waals surface area contributed by atoms with Crippen molar-refractivity contribution in [2.24, 2.45) is 0 Å². The molecule has 23 heavy (non-hydrogen) atoms. The number of likely N-dealkylation sites (N-methyl/N-ethyl adjacent to an activating group) is 1. The van der Waals surface area contributed by atoms with Gasteiger partial charge >= 0.3 is 0 Å². The summed E-state index contributed by atoms with van der Waals surface area (Å²) in [5.41, 5.74) is 3.90. The zero-order valence-electron chi connectivity index (χ0n) is 13.7. The van der Waals surface area contributed by atoms with E-state index in [2.05, 4.69) is 39.6 Å². The minimum atomic E-state index is 0.0302. The molecule has 1 saturated heterocycles. The summed E-state index contributed by atoms with van der Waals surface area (Å²) in [7, 11) is 2.08. The second-order valence-corrected chi connectivity index (χ2v) is 6.31. The van der Waals surface area contributed by atoms with Crippen molar-refractivity contribution in [1.82, 2.24) is 5.32 Å². The highest BCUT2D eigenvalue weighted by atomic mass is 16.1. The summed E-state index contributed by atoms with van der Waals surface area (Å²) in [6, 6.07) is 6.66. The fourth-order valence-electron chi connectivity index (χ4n) is 3.42. The van der Waals surface area contributed by atoms with E-state index in [1.54, 1.807) is 6.92 Å². The summed E-state index contributed by atoms with van der Waals surface area (Å²) in [6.45, 7) is 5.14. The average Bonchev–Trinajstić information content (AvgIpc) is 2.54. The molecule has 0 bridgehead atoms. The molecule has 0 spiro atoms. The number of carbonyl (C=O) groups excluding carboxylic acids is 1. The Kier molecular flexibility index (Phi) is 4.28. The van der Waals surface area contributed by atoms with Crippen LogP contribution in [-0.2, 0) is 4.79 Å². The molecule has 6 heteroatoms. The molecule has 2 aliphatic rings. The van der Waals surface area contributed by atoms with Crippen molar-refractivity contribution in [2.75, 3.05) is 48.3 Å². The van der Waals surface area contributed by atoms with Gasteiger partial charge in [0.05, 0.1) is 22.6 Å². The van der Waals surface area contributed by atoms with E-state index in [1.165, 1.54) is 0 Å². The first kappa shape index (κ1) is 15.5. The SMILES string of the molecule is CC(=O)NC1CCN(c2cc3c(cc2C#N)NCCN3C)CC1. The van der Waals surface area contributed by atoms with Gasteiger partial charge in [-0.15, -0.1) is 0 Å². The van der Waals surface area contributed by atoms with E-state index in [0.29, 0.717) is 5.56 Å². The topological polar surface area (TPSA) is 71.4 Å². The number of anilines is 3. The number of nitrogens with zero attached hydrogens (tertiary/aromatic N) is 3. The second-order valence-electron chi connectivity index (χ2n) is 6.31. The van der Waals surface area contributed by atoms with Gasteiger partial charge in [0, 0.05) is 46.2 Å². The Morgan fingerprint density at radius 3 is 2.70 bits per heavy atom. The van der Waals surface area contributed by atoms with Crippen LogP contribution in [0, 0.1) is 11.3 Å². The van der Waals surface area contributed by atoms with E-state index in [9.17, 15) is 10.1 Å². The molecule has 0 aliphatic carbocycles. The number of hydrogen-bond donors (Lipinski definition) is 2. The van der Waals surface area contributed by atoms with Crippen LogP contribution in [0.1, 0.15) is 25.3 Å². The van der Waals surface area contributed by atoms with Gasteiger partial charge in [-0.25, -0.2) is 0 Å². The number of benzene rings is 1. The molecule has 1 fully saturated rings. The van der Waals surface area contributed by atoms with Gasteiger partial charge in [-0.2, -0.15) is 5.26 Å². The van der Waals surface area contributed by atoms with Crippen LogP contribution in [-0.4, -0.2) is 45.2 Å². The molecule has 3 rings (SSSR count). The maximum Gasteiger partial charge on any atom is 0.217 e. The largest absolute Gasteiger partial charge is 0.382 e. The summed E-state index contributed by atoms with van der Waals surface area (Å²) in [4.78, 5) is 15.7. The third kappa shape index (κ3) is 3.19. The minimum absolute atomic E-state index is 0.0302. The van der Waals surface area contributed by atoms with Crippen molar-refractivity contribution in [3.05, 3.63) is 17.7 Å². The number of piperidine rings is 1. The molecule has 1 amide bonds. The molecule has 0 atom stereocenters. The van der Waals surface area contributed by atoms with Gasteiger partial charge in [-0.3, -0.25) is 4.79 Å². The van der Waals surface area contributed by atoms with Crippen molar-refractivity contribution in [1.29, 1.82) is 5.26 Å². The molecule has 0 unspecified atom stereocenters. The lowest BCUT2D eigenvalue weighted by atomic mass is 10.0. The standard InChI is InChI=1S/C17H23N5O/c1-12(23)20-14-3-6-22(7-4-14)16-10-17-15(9-13(16)11-18)19-5-8-21(17)2/h9-10,14,19H,3-8H2,1-2H3,(H,20,23). The molecule has 0 aromatic heterocycles. The van der Waals surface area contributed by atoms with E-state index in [0.717, 1.165) is 56.1 Å². The van der Waals surface area contributed by atoms with Crippen molar-refractivity contribution in [3.63, 3.8) is 0 Å². The summed E-state index contributed by atoms with van der Waals surface area (Å²) in [6.07, 6.45) is 1.82. The van der Waals surface area contributed by atoms with E-state index in [-0.39, 0.29) is 11.9 Å². The van der Waals surface area contributed by atoms with Gasteiger partial charge in [0.2, 0.25) is 5.91 Å². The monoisotopic (exact) mass is 313 g/mol. The second kappa shape index (κ2) is 6.37. The normalized spacial score (nSPS) is 18.0. The number of rotatable bonds is 2. The van der Waals surface area contributed by atoms with Gasteiger partial charge < -0.3 is 20.4 Å². The lowest BCUT2D eigenvalue weighted by molar-refractivity contribution is -0.119. The molecule has 2 aliphatic heterocycles. The number of nitrogens with one attached hydrogen (secondary N) is 2. The Bertz CT molecular complexity index is 643. The van der Waals surface area contributed by atoms with Crippen molar-refractivity contribution in [3.8, 4) is 6.07 Å². The molecular formula is C17H23N5O. The van der Waals surface area contributed by atoms with Gasteiger partial charge in [-0.1, -0.05) is 0 Å². The van der Waals surface area contributed by atoms with Gasteiger partial charge in [0.1, 0.15) is 6.07 Å². The Morgan fingerprint density at radius 1 is 1.30 bits per heavy atom. The molecule has 1 aromatic rings. The third-order valence-corrected chi connectivity index (χ3v) is 4.65. The average molecular weight is 313 g/mol. The molecule has 6 nitrogen and oxygen atoms in total.